The second-order valence-electron chi connectivity index (χ2n) is 7.32. The van der Waals surface area contributed by atoms with Gasteiger partial charge in [-0.1, -0.05) is 65.7 Å². The van der Waals surface area contributed by atoms with Crippen LogP contribution in [0.1, 0.15) is 38.5 Å². The van der Waals surface area contributed by atoms with Gasteiger partial charge < -0.3 is 10.4 Å². The number of carbonyl (C=O) groups excluding carboxylic acids is 1. The highest BCUT2D eigenvalue weighted by Crippen LogP contribution is 2.46. The molecule has 0 aromatic heterocycles. The van der Waals surface area contributed by atoms with Crippen LogP contribution in [0.5, 0.6) is 0 Å². The summed E-state index contributed by atoms with van der Waals surface area (Å²) in [6, 6.07) is 20.1. The van der Waals surface area contributed by atoms with Crippen LogP contribution in [-0.2, 0) is 4.79 Å². The van der Waals surface area contributed by atoms with Gasteiger partial charge in [-0.25, -0.2) is 4.79 Å². The van der Waals surface area contributed by atoms with Gasteiger partial charge in [0.2, 0.25) is 0 Å². The third kappa shape index (κ3) is 3.07. The molecule has 4 rings (SSSR count). The molecule has 140 valence electrons. The number of nitrogens with one attached hydrogen (secondary N) is 1. The number of carboxylic acids is 1. The lowest BCUT2D eigenvalue weighted by atomic mass is 9.89. The summed E-state index contributed by atoms with van der Waals surface area (Å²) in [5.41, 5.74) is 6.31. The largest absolute Gasteiger partial charge is 0.480 e. The van der Waals surface area contributed by atoms with Crippen molar-refractivity contribution in [1.82, 2.24) is 5.32 Å². The molecule has 1 aliphatic rings. The van der Waals surface area contributed by atoms with Crippen LogP contribution in [0.15, 0.2) is 66.7 Å². The van der Waals surface area contributed by atoms with E-state index >= 15 is 0 Å². The van der Waals surface area contributed by atoms with Crippen molar-refractivity contribution in [1.29, 1.82) is 0 Å². The van der Waals surface area contributed by atoms with Gasteiger partial charge >= 0.3 is 5.97 Å². The van der Waals surface area contributed by atoms with Crippen LogP contribution in [-0.4, -0.2) is 23.0 Å². The van der Waals surface area contributed by atoms with Crippen molar-refractivity contribution in [2.24, 2.45) is 0 Å². The summed E-state index contributed by atoms with van der Waals surface area (Å²) >= 11 is 0. The molecule has 0 bridgehead atoms. The van der Waals surface area contributed by atoms with Gasteiger partial charge in [0, 0.05) is 11.5 Å². The van der Waals surface area contributed by atoms with E-state index in [4.69, 9.17) is 0 Å². The van der Waals surface area contributed by atoms with E-state index in [1.165, 1.54) is 0 Å². The molecule has 28 heavy (non-hydrogen) atoms. The Kier molecular flexibility index (Phi) is 4.47. The molecule has 1 atom stereocenters. The van der Waals surface area contributed by atoms with E-state index in [0.29, 0.717) is 5.56 Å². The van der Waals surface area contributed by atoms with Gasteiger partial charge in [0.1, 0.15) is 6.04 Å². The maximum Gasteiger partial charge on any atom is 0.327 e. The number of aryl methyl sites for hydroxylation is 2. The summed E-state index contributed by atoms with van der Waals surface area (Å²) in [7, 11) is 0. The van der Waals surface area contributed by atoms with E-state index < -0.39 is 17.9 Å². The van der Waals surface area contributed by atoms with Crippen molar-refractivity contribution < 1.29 is 14.7 Å². The fraction of sp³-hybridized carbons (Fsp3) is 0.167. The zero-order valence-corrected chi connectivity index (χ0v) is 15.8. The van der Waals surface area contributed by atoms with Crippen molar-refractivity contribution in [3.8, 4) is 11.1 Å². The zero-order chi connectivity index (χ0) is 19.8. The average molecular weight is 371 g/mol. The lowest BCUT2D eigenvalue weighted by Gasteiger charge is -2.23. The first-order chi connectivity index (χ1) is 13.5. The van der Waals surface area contributed by atoms with E-state index in [1.807, 2.05) is 68.4 Å². The maximum absolute atomic E-state index is 12.9. The van der Waals surface area contributed by atoms with Crippen molar-refractivity contribution in [3.63, 3.8) is 0 Å². The van der Waals surface area contributed by atoms with E-state index in [-0.39, 0.29) is 5.91 Å². The number of carbonyl (C=O) groups is 2. The number of hydrogen-bond donors (Lipinski definition) is 2. The van der Waals surface area contributed by atoms with E-state index in [9.17, 15) is 14.7 Å². The van der Waals surface area contributed by atoms with Gasteiger partial charge in [-0.05, 0) is 48.2 Å². The number of aliphatic carboxylic acids is 1. The summed E-state index contributed by atoms with van der Waals surface area (Å²) in [6.07, 6.45) is 0. The first-order valence-corrected chi connectivity index (χ1v) is 9.26. The third-order valence-electron chi connectivity index (χ3n) is 5.25. The molecule has 0 heterocycles. The Labute approximate surface area is 163 Å². The zero-order valence-electron chi connectivity index (χ0n) is 15.8. The molecule has 0 unspecified atom stereocenters. The van der Waals surface area contributed by atoms with Crippen molar-refractivity contribution in [3.05, 3.63) is 94.5 Å². The second-order valence-corrected chi connectivity index (χ2v) is 7.32. The Bertz CT molecular complexity index is 1020. The minimum Gasteiger partial charge on any atom is -0.480 e. The molecule has 0 fully saturated rings. The average Bonchev–Trinajstić information content (AvgIpc) is 2.99. The molecular formula is C24H21NO3. The normalized spacial score (nSPS) is 13.5. The van der Waals surface area contributed by atoms with Gasteiger partial charge in [0.05, 0.1) is 0 Å². The van der Waals surface area contributed by atoms with Crippen LogP contribution in [0.2, 0.25) is 0 Å². The van der Waals surface area contributed by atoms with E-state index in [0.717, 1.165) is 33.4 Å². The molecular weight excluding hydrogens is 350 g/mol. The Morgan fingerprint density at radius 1 is 0.857 bits per heavy atom. The first kappa shape index (κ1) is 18.0. The molecule has 0 saturated carbocycles. The molecule has 0 aliphatic heterocycles. The number of benzene rings is 3. The fourth-order valence-corrected chi connectivity index (χ4v) is 4.17. The van der Waals surface area contributed by atoms with Gasteiger partial charge in [-0.3, -0.25) is 4.79 Å². The van der Waals surface area contributed by atoms with Crippen LogP contribution in [0.25, 0.3) is 11.1 Å². The molecule has 0 saturated heterocycles. The van der Waals surface area contributed by atoms with Gasteiger partial charge in [0.15, 0.2) is 0 Å². The number of rotatable bonds is 4. The predicted octanol–water partition coefficient (Wildman–Crippen LogP) is 4.30. The smallest absolute Gasteiger partial charge is 0.327 e. The third-order valence-corrected chi connectivity index (χ3v) is 5.25. The topological polar surface area (TPSA) is 66.4 Å². The van der Waals surface area contributed by atoms with Crippen molar-refractivity contribution >= 4 is 11.9 Å². The van der Waals surface area contributed by atoms with Crippen LogP contribution in [0, 0.1) is 13.8 Å². The maximum atomic E-state index is 12.9. The molecule has 4 heteroatoms. The summed E-state index contributed by atoms with van der Waals surface area (Å²) < 4.78 is 0. The van der Waals surface area contributed by atoms with Crippen LogP contribution in [0.4, 0.5) is 0 Å². The Balaban J connectivity index is 1.75. The molecule has 0 radical (unpaired) electrons. The minimum atomic E-state index is -1.06. The highest BCUT2D eigenvalue weighted by Gasteiger charge is 2.38. The summed E-state index contributed by atoms with van der Waals surface area (Å²) in [5.74, 6) is -1.85. The minimum absolute atomic E-state index is 0.374. The number of carboxylic acid groups (broad SMARTS) is 1. The van der Waals surface area contributed by atoms with Crippen LogP contribution >= 0.6 is 0 Å². The van der Waals surface area contributed by atoms with E-state index in [2.05, 4.69) is 5.32 Å². The molecule has 1 amide bonds. The molecule has 3 aromatic carbocycles. The Morgan fingerprint density at radius 3 is 1.86 bits per heavy atom. The van der Waals surface area contributed by atoms with Crippen LogP contribution < -0.4 is 5.32 Å². The molecule has 4 nitrogen and oxygen atoms in total. The monoisotopic (exact) mass is 371 g/mol. The molecule has 2 N–H and O–H groups in total. The lowest BCUT2D eigenvalue weighted by Crippen LogP contribution is -2.45. The van der Waals surface area contributed by atoms with Gasteiger partial charge in [0.25, 0.3) is 5.91 Å². The SMILES string of the molecule is Cc1cc(C)cc(C(=O)N[C@H](C(=O)O)C2c3ccccc3-c3ccccc32)c1. The molecule has 3 aromatic rings. The van der Waals surface area contributed by atoms with Crippen LogP contribution in [0.3, 0.4) is 0 Å². The summed E-state index contributed by atoms with van der Waals surface area (Å²) in [4.78, 5) is 25.1. The van der Waals surface area contributed by atoms with Crippen molar-refractivity contribution in [2.75, 3.05) is 0 Å². The number of fused-ring (bicyclic) bond motifs is 3. The van der Waals surface area contributed by atoms with Crippen molar-refractivity contribution in [2.45, 2.75) is 25.8 Å². The highest BCUT2D eigenvalue weighted by atomic mass is 16.4. The Morgan fingerprint density at radius 2 is 1.36 bits per heavy atom. The first-order valence-electron chi connectivity index (χ1n) is 9.26. The Hall–Kier alpha value is -3.40. The number of amides is 1. The number of hydrogen-bond acceptors (Lipinski definition) is 2. The summed E-state index contributed by atoms with van der Waals surface area (Å²) in [5, 5.41) is 12.7. The quantitative estimate of drug-likeness (QED) is 0.719. The van der Waals surface area contributed by atoms with Gasteiger partial charge in [-0.2, -0.15) is 0 Å². The molecule has 1 aliphatic carbocycles. The standard InChI is InChI=1S/C24H21NO3/c1-14-11-15(2)13-16(12-14)23(26)25-22(24(27)28)21-19-9-5-3-7-17(19)18-8-4-6-10-20(18)21/h3-13,21-22H,1-2H3,(H,25,26)(H,27,28)/t22-/m0/s1. The lowest BCUT2D eigenvalue weighted by molar-refractivity contribution is -0.139. The summed E-state index contributed by atoms with van der Waals surface area (Å²) in [6.45, 7) is 3.84. The molecule has 0 spiro atoms. The fourth-order valence-electron chi connectivity index (χ4n) is 4.17. The highest BCUT2D eigenvalue weighted by molar-refractivity contribution is 5.98. The second kappa shape index (κ2) is 6.97. The van der Waals surface area contributed by atoms with E-state index in [1.54, 1.807) is 12.1 Å². The van der Waals surface area contributed by atoms with Gasteiger partial charge in [-0.15, -0.1) is 0 Å². The predicted molar refractivity (Wildman–Crippen MR) is 109 cm³/mol.